The highest BCUT2D eigenvalue weighted by Crippen LogP contribution is 2.27. The third-order valence-corrected chi connectivity index (χ3v) is 6.83. The average molecular weight is 383 g/mol. The molecule has 1 aliphatic rings. The van der Waals surface area contributed by atoms with Gasteiger partial charge in [-0.25, -0.2) is 8.42 Å². The maximum absolute atomic E-state index is 12.3. The van der Waals surface area contributed by atoms with Gasteiger partial charge in [-0.3, -0.25) is 4.79 Å². The largest absolute Gasteiger partial charge is 0.378 e. The molecule has 1 aliphatic heterocycles. The number of hydrogen-bond acceptors (Lipinski definition) is 5. The number of rotatable bonds is 4. The van der Waals surface area contributed by atoms with E-state index in [2.05, 4.69) is 15.9 Å². The molecule has 1 aromatic heterocycles. The van der Waals surface area contributed by atoms with Gasteiger partial charge in [0, 0.05) is 20.1 Å². The monoisotopic (exact) mass is 382 g/mol. The van der Waals surface area contributed by atoms with Crippen molar-refractivity contribution in [1.29, 1.82) is 0 Å². The van der Waals surface area contributed by atoms with Gasteiger partial charge in [0.1, 0.15) is 4.21 Å². The van der Waals surface area contributed by atoms with Crippen molar-refractivity contribution in [2.75, 3.05) is 39.9 Å². The maximum Gasteiger partial charge on any atom is 0.252 e. The number of thiophene rings is 1. The second-order valence-electron chi connectivity index (χ2n) is 4.31. The van der Waals surface area contributed by atoms with Crippen molar-refractivity contribution in [2.45, 2.75) is 4.21 Å². The molecule has 2 heterocycles. The lowest BCUT2D eigenvalue weighted by molar-refractivity contribution is -0.135. The molecule has 0 unspecified atom stereocenters. The third-order valence-electron chi connectivity index (χ3n) is 2.93. The Balaban J connectivity index is 2.03. The molecule has 1 aromatic rings. The molecule has 1 saturated heterocycles. The Kier molecular flexibility index (Phi) is 5.19. The van der Waals surface area contributed by atoms with Crippen molar-refractivity contribution >= 4 is 43.2 Å². The van der Waals surface area contributed by atoms with Gasteiger partial charge in [-0.05, 0) is 28.1 Å². The first kappa shape index (κ1) is 15.9. The zero-order valence-electron chi connectivity index (χ0n) is 10.9. The van der Waals surface area contributed by atoms with Crippen LogP contribution in [0.1, 0.15) is 0 Å². The fourth-order valence-corrected chi connectivity index (χ4v) is 5.12. The zero-order valence-corrected chi connectivity index (χ0v) is 14.1. The van der Waals surface area contributed by atoms with Crippen LogP contribution in [0, 0.1) is 0 Å². The highest BCUT2D eigenvalue weighted by molar-refractivity contribution is 9.11. The Hall–Kier alpha value is -0.480. The van der Waals surface area contributed by atoms with Gasteiger partial charge in [-0.15, -0.1) is 11.3 Å². The van der Waals surface area contributed by atoms with E-state index < -0.39 is 10.0 Å². The van der Waals surface area contributed by atoms with E-state index in [-0.39, 0.29) is 16.7 Å². The number of carbonyl (C=O) groups excluding carboxylic acids is 1. The summed E-state index contributed by atoms with van der Waals surface area (Å²) in [7, 11) is -2.19. The molecular weight excluding hydrogens is 368 g/mol. The van der Waals surface area contributed by atoms with Crippen molar-refractivity contribution < 1.29 is 17.9 Å². The molecule has 20 heavy (non-hydrogen) atoms. The van der Waals surface area contributed by atoms with Crippen LogP contribution >= 0.6 is 27.3 Å². The number of nitrogens with zero attached hydrogens (tertiary/aromatic N) is 2. The van der Waals surface area contributed by atoms with Gasteiger partial charge in [0.2, 0.25) is 5.91 Å². The predicted molar refractivity (Wildman–Crippen MR) is 79.2 cm³/mol. The standard InChI is InChI=1S/C11H15BrN2O4S2/c1-13(8-10(15)14-4-6-18-7-5-14)20(16,17)11-3-2-9(12)19-11/h2-3H,4-8H2,1H3. The molecule has 1 fully saturated rings. The summed E-state index contributed by atoms with van der Waals surface area (Å²) in [6.07, 6.45) is 0. The molecule has 0 radical (unpaired) electrons. The van der Waals surface area contributed by atoms with Gasteiger partial charge < -0.3 is 9.64 Å². The van der Waals surface area contributed by atoms with E-state index in [0.717, 1.165) is 19.4 Å². The number of halogens is 1. The summed E-state index contributed by atoms with van der Waals surface area (Å²) >= 11 is 4.36. The second-order valence-corrected chi connectivity index (χ2v) is 9.05. The van der Waals surface area contributed by atoms with Crippen molar-refractivity contribution in [3.63, 3.8) is 0 Å². The number of sulfonamides is 1. The molecule has 0 bridgehead atoms. The minimum absolute atomic E-state index is 0.155. The SMILES string of the molecule is CN(CC(=O)N1CCOCC1)S(=O)(=O)c1ccc(Br)s1. The molecule has 0 spiro atoms. The van der Waals surface area contributed by atoms with Crippen LogP contribution in [0.4, 0.5) is 0 Å². The summed E-state index contributed by atoms with van der Waals surface area (Å²) in [5.74, 6) is -0.199. The van der Waals surface area contributed by atoms with E-state index in [9.17, 15) is 13.2 Å². The smallest absolute Gasteiger partial charge is 0.252 e. The van der Waals surface area contributed by atoms with Gasteiger partial charge in [0.05, 0.1) is 23.5 Å². The van der Waals surface area contributed by atoms with Crippen LogP contribution < -0.4 is 0 Å². The normalized spacial score (nSPS) is 16.6. The molecule has 0 aromatic carbocycles. The van der Waals surface area contributed by atoms with Crippen LogP contribution in [-0.4, -0.2) is 63.4 Å². The minimum atomic E-state index is -3.61. The number of amides is 1. The highest BCUT2D eigenvalue weighted by atomic mass is 79.9. The Morgan fingerprint density at radius 1 is 1.45 bits per heavy atom. The van der Waals surface area contributed by atoms with Crippen LogP contribution in [0.5, 0.6) is 0 Å². The van der Waals surface area contributed by atoms with Gasteiger partial charge in [0.25, 0.3) is 10.0 Å². The van der Waals surface area contributed by atoms with Gasteiger partial charge in [0.15, 0.2) is 0 Å². The fourth-order valence-electron chi connectivity index (χ4n) is 1.78. The van der Waals surface area contributed by atoms with E-state index in [0.29, 0.717) is 26.3 Å². The summed E-state index contributed by atoms with van der Waals surface area (Å²) in [6.45, 7) is 1.87. The van der Waals surface area contributed by atoms with Crippen molar-refractivity contribution in [3.05, 3.63) is 15.9 Å². The van der Waals surface area contributed by atoms with Crippen LogP contribution in [0.15, 0.2) is 20.1 Å². The van der Waals surface area contributed by atoms with Gasteiger partial charge >= 0.3 is 0 Å². The number of ether oxygens (including phenoxy) is 1. The van der Waals surface area contributed by atoms with Gasteiger partial charge in [-0.1, -0.05) is 0 Å². The average Bonchev–Trinajstić information content (AvgIpc) is 2.87. The summed E-state index contributed by atoms with van der Waals surface area (Å²) in [6, 6.07) is 3.20. The van der Waals surface area contributed by atoms with Gasteiger partial charge in [-0.2, -0.15) is 4.31 Å². The maximum atomic E-state index is 12.3. The first-order valence-electron chi connectivity index (χ1n) is 5.98. The van der Waals surface area contributed by atoms with Crippen molar-refractivity contribution in [2.24, 2.45) is 0 Å². The van der Waals surface area contributed by atoms with E-state index in [1.165, 1.54) is 13.1 Å². The Bertz CT molecular complexity index is 581. The second kappa shape index (κ2) is 6.52. The Morgan fingerprint density at radius 2 is 2.10 bits per heavy atom. The molecule has 1 amide bonds. The summed E-state index contributed by atoms with van der Waals surface area (Å²) in [5.41, 5.74) is 0. The highest BCUT2D eigenvalue weighted by Gasteiger charge is 2.27. The molecule has 0 N–H and O–H groups in total. The molecule has 0 saturated carbocycles. The number of likely N-dealkylation sites (N-methyl/N-ethyl adjacent to an activating group) is 1. The minimum Gasteiger partial charge on any atom is -0.378 e. The Labute approximate surface area is 130 Å². The van der Waals surface area contributed by atoms with Crippen LogP contribution in [-0.2, 0) is 19.6 Å². The number of morpholine rings is 1. The van der Waals surface area contributed by atoms with Crippen LogP contribution in [0.25, 0.3) is 0 Å². The topological polar surface area (TPSA) is 66.9 Å². The lowest BCUT2D eigenvalue weighted by atomic mass is 10.4. The quantitative estimate of drug-likeness (QED) is 0.778. The van der Waals surface area contributed by atoms with Crippen LogP contribution in [0.3, 0.4) is 0 Å². The summed E-state index contributed by atoms with van der Waals surface area (Å²) in [4.78, 5) is 13.7. The number of hydrogen-bond donors (Lipinski definition) is 0. The predicted octanol–water partition coefficient (Wildman–Crippen LogP) is 0.990. The third kappa shape index (κ3) is 3.59. The van der Waals surface area contributed by atoms with Crippen LogP contribution in [0.2, 0.25) is 0 Å². The molecular formula is C11H15BrN2O4S2. The van der Waals surface area contributed by atoms with E-state index in [1.807, 2.05) is 0 Å². The molecule has 6 nitrogen and oxygen atoms in total. The molecule has 112 valence electrons. The van der Waals surface area contributed by atoms with E-state index >= 15 is 0 Å². The Morgan fingerprint density at radius 3 is 2.65 bits per heavy atom. The fraction of sp³-hybridized carbons (Fsp3) is 0.545. The molecule has 0 atom stereocenters. The lowest BCUT2D eigenvalue weighted by Gasteiger charge is -2.28. The lowest BCUT2D eigenvalue weighted by Crippen LogP contribution is -2.46. The molecule has 0 aliphatic carbocycles. The van der Waals surface area contributed by atoms with E-state index in [4.69, 9.17) is 4.74 Å². The first-order valence-corrected chi connectivity index (χ1v) is 9.03. The molecule has 2 rings (SSSR count). The molecule has 9 heteroatoms. The van der Waals surface area contributed by atoms with E-state index in [1.54, 1.807) is 11.0 Å². The zero-order chi connectivity index (χ0) is 14.8. The number of carbonyl (C=O) groups is 1. The van der Waals surface area contributed by atoms with Crippen molar-refractivity contribution in [1.82, 2.24) is 9.21 Å². The summed E-state index contributed by atoms with van der Waals surface area (Å²) < 4.78 is 31.8. The first-order chi connectivity index (χ1) is 9.41. The van der Waals surface area contributed by atoms with Crippen molar-refractivity contribution in [3.8, 4) is 0 Å². The summed E-state index contributed by atoms with van der Waals surface area (Å²) in [5, 5.41) is 0.